The largest absolute Gasteiger partial charge is 0.491 e. The number of nitrogens with zero attached hydrogens (tertiary/aromatic N) is 4. The van der Waals surface area contributed by atoms with Crippen molar-refractivity contribution in [2.75, 3.05) is 44.2 Å². The van der Waals surface area contributed by atoms with Gasteiger partial charge in [-0.1, -0.05) is 18.2 Å². The van der Waals surface area contributed by atoms with Crippen molar-refractivity contribution in [1.82, 2.24) is 14.9 Å². The summed E-state index contributed by atoms with van der Waals surface area (Å²) in [5, 5.41) is 11.3. The van der Waals surface area contributed by atoms with Gasteiger partial charge in [-0.15, -0.1) is 0 Å². The summed E-state index contributed by atoms with van der Waals surface area (Å²) in [6.45, 7) is 4.35. The highest BCUT2D eigenvalue weighted by Gasteiger charge is 2.33. The third-order valence-corrected chi connectivity index (χ3v) is 7.18. The summed E-state index contributed by atoms with van der Waals surface area (Å²) in [5.41, 5.74) is -0.577. The van der Waals surface area contributed by atoms with Gasteiger partial charge in [0, 0.05) is 44.3 Å². The third-order valence-electron chi connectivity index (χ3n) is 7.18. The fourth-order valence-electron chi connectivity index (χ4n) is 5.09. The van der Waals surface area contributed by atoms with Crippen molar-refractivity contribution in [3.8, 4) is 5.75 Å². The fourth-order valence-corrected chi connectivity index (χ4v) is 5.09. The van der Waals surface area contributed by atoms with E-state index in [9.17, 15) is 18.3 Å². The first kappa shape index (κ1) is 25.7. The number of pyridine rings is 2. The molecule has 1 atom stereocenters. The van der Waals surface area contributed by atoms with Crippen molar-refractivity contribution in [1.29, 1.82) is 0 Å². The molecule has 0 amide bonds. The van der Waals surface area contributed by atoms with Crippen molar-refractivity contribution >= 4 is 16.7 Å². The van der Waals surface area contributed by atoms with Gasteiger partial charge in [-0.05, 0) is 67.9 Å². The molecule has 1 aliphatic heterocycles. The SMILES string of the molecule is OC(COc1ccccc1)CN(CC1CC1)CC1CCN(c2nccc3nc(C(F)(F)F)ccc23)CC1. The molecule has 3 aromatic rings. The molecule has 0 radical (unpaired) electrons. The number of benzene rings is 1. The van der Waals surface area contributed by atoms with Crippen LogP contribution in [0.25, 0.3) is 10.9 Å². The number of hydrogen-bond donors (Lipinski definition) is 1. The third kappa shape index (κ3) is 6.90. The van der Waals surface area contributed by atoms with Crippen LogP contribution in [0.1, 0.15) is 31.4 Å². The molecule has 2 aromatic heterocycles. The van der Waals surface area contributed by atoms with Crippen LogP contribution in [0.15, 0.2) is 54.7 Å². The summed E-state index contributed by atoms with van der Waals surface area (Å²) >= 11 is 0. The number of halogens is 3. The number of hydrogen-bond acceptors (Lipinski definition) is 6. The summed E-state index contributed by atoms with van der Waals surface area (Å²) in [6, 6.07) is 13.6. The molecular weight excluding hydrogens is 481 g/mol. The molecule has 0 spiro atoms. The number of ether oxygens (including phenoxy) is 1. The number of rotatable bonds is 10. The second-order valence-corrected chi connectivity index (χ2v) is 10.3. The van der Waals surface area contributed by atoms with Crippen molar-refractivity contribution in [2.45, 2.75) is 38.0 Å². The van der Waals surface area contributed by atoms with E-state index in [4.69, 9.17) is 4.74 Å². The highest BCUT2D eigenvalue weighted by molar-refractivity contribution is 5.89. The van der Waals surface area contributed by atoms with Gasteiger partial charge < -0.3 is 19.6 Å². The quantitative estimate of drug-likeness (QED) is 0.410. The number of para-hydroxylation sites is 1. The van der Waals surface area contributed by atoms with Crippen LogP contribution in [0.3, 0.4) is 0 Å². The van der Waals surface area contributed by atoms with Gasteiger partial charge in [0.1, 0.15) is 30.0 Å². The molecule has 1 unspecified atom stereocenters. The highest BCUT2D eigenvalue weighted by atomic mass is 19.4. The molecule has 198 valence electrons. The minimum Gasteiger partial charge on any atom is -0.491 e. The van der Waals surface area contributed by atoms with Gasteiger partial charge in [0.2, 0.25) is 0 Å². The van der Waals surface area contributed by atoms with Crippen molar-refractivity contribution in [3.63, 3.8) is 0 Å². The standard InChI is InChI=1S/C28H33F3N4O2/c29-28(30,31)26-9-8-24-25(33-26)10-13-32-27(24)35-14-11-21(12-15-35)17-34(16-20-6-7-20)18-22(36)19-37-23-4-2-1-3-5-23/h1-5,8-10,13,20-22,36H,6-7,11-12,14-19H2. The molecule has 5 rings (SSSR count). The van der Waals surface area contributed by atoms with E-state index in [2.05, 4.69) is 19.8 Å². The van der Waals surface area contributed by atoms with Gasteiger partial charge in [-0.2, -0.15) is 13.2 Å². The molecule has 37 heavy (non-hydrogen) atoms. The Morgan fingerprint density at radius 1 is 0.973 bits per heavy atom. The Morgan fingerprint density at radius 2 is 1.68 bits per heavy atom. The van der Waals surface area contributed by atoms with E-state index < -0.39 is 18.0 Å². The van der Waals surface area contributed by atoms with Gasteiger partial charge in [-0.25, -0.2) is 9.97 Å². The zero-order chi connectivity index (χ0) is 25.8. The maximum atomic E-state index is 13.1. The first-order valence-electron chi connectivity index (χ1n) is 13.0. The molecule has 2 aliphatic rings. The number of aromatic nitrogens is 2. The first-order valence-corrected chi connectivity index (χ1v) is 13.0. The van der Waals surface area contributed by atoms with Crippen LogP contribution in [0.2, 0.25) is 0 Å². The van der Waals surface area contributed by atoms with Crippen molar-refractivity contribution in [3.05, 3.63) is 60.4 Å². The Balaban J connectivity index is 1.17. The molecular formula is C28H33F3N4O2. The average Bonchev–Trinajstić information content (AvgIpc) is 3.71. The second-order valence-electron chi connectivity index (χ2n) is 10.3. The number of piperidine rings is 1. The second kappa shape index (κ2) is 11.2. The Hall–Kier alpha value is -2.91. The molecule has 3 heterocycles. The summed E-state index contributed by atoms with van der Waals surface area (Å²) < 4.78 is 45.0. The molecule has 1 N–H and O–H groups in total. The molecule has 1 aliphatic carbocycles. The summed E-state index contributed by atoms with van der Waals surface area (Å²) in [4.78, 5) is 12.8. The summed E-state index contributed by atoms with van der Waals surface area (Å²) in [7, 11) is 0. The normalized spacial score (nSPS) is 17.9. The Morgan fingerprint density at radius 3 is 2.35 bits per heavy atom. The van der Waals surface area contributed by atoms with E-state index in [1.807, 2.05) is 30.3 Å². The lowest BCUT2D eigenvalue weighted by Crippen LogP contribution is -2.43. The lowest BCUT2D eigenvalue weighted by molar-refractivity contribution is -0.140. The van der Waals surface area contributed by atoms with Crippen LogP contribution in [-0.2, 0) is 6.18 Å². The zero-order valence-corrected chi connectivity index (χ0v) is 20.8. The molecule has 1 saturated carbocycles. The van der Waals surface area contributed by atoms with E-state index in [0.717, 1.165) is 56.8 Å². The fraction of sp³-hybridized carbons (Fsp3) is 0.500. The monoisotopic (exact) mass is 514 g/mol. The minimum absolute atomic E-state index is 0.264. The van der Waals surface area contributed by atoms with Crippen LogP contribution >= 0.6 is 0 Å². The van der Waals surface area contributed by atoms with Crippen LogP contribution in [0.5, 0.6) is 5.75 Å². The van der Waals surface area contributed by atoms with Gasteiger partial charge >= 0.3 is 6.18 Å². The number of aliphatic hydroxyl groups excluding tert-OH is 1. The Bertz CT molecular complexity index is 1170. The van der Waals surface area contributed by atoms with Gasteiger partial charge in [0.05, 0.1) is 5.52 Å². The summed E-state index contributed by atoms with van der Waals surface area (Å²) in [5.74, 6) is 2.66. The first-order chi connectivity index (χ1) is 17.8. The lowest BCUT2D eigenvalue weighted by Gasteiger charge is -2.36. The Kier molecular flexibility index (Phi) is 7.81. The molecule has 1 aromatic carbocycles. The molecule has 0 bridgehead atoms. The summed E-state index contributed by atoms with van der Waals surface area (Å²) in [6.07, 6.45) is 0.933. The predicted octanol–water partition coefficient (Wildman–Crippen LogP) is 5.02. The van der Waals surface area contributed by atoms with Gasteiger partial charge in [-0.3, -0.25) is 0 Å². The number of aliphatic hydroxyl groups is 1. The van der Waals surface area contributed by atoms with Crippen LogP contribution in [0.4, 0.5) is 19.0 Å². The van der Waals surface area contributed by atoms with E-state index in [1.54, 1.807) is 0 Å². The van der Waals surface area contributed by atoms with Crippen LogP contribution < -0.4 is 9.64 Å². The predicted molar refractivity (Wildman–Crippen MR) is 137 cm³/mol. The number of anilines is 1. The number of fused-ring (bicyclic) bond motifs is 1. The number of alkyl halides is 3. The maximum Gasteiger partial charge on any atom is 0.433 e. The zero-order valence-electron chi connectivity index (χ0n) is 20.8. The minimum atomic E-state index is -4.47. The molecule has 1 saturated heterocycles. The molecule has 6 nitrogen and oxygen atoms in total. The van der Waals surface area contributed by atoms with Crippen LogP contribution in [0, 0.1) is 11.8 Å². The van der Waals surface area contributed by atoms with Crippen LogP contribution in [-0.4, -0.2) is 65.4 Å². The molecule has 9 heteroatoms. The highest BCUT2D eigenvalue weighted by Crippen LogP contribution is 2.33. The average molecular weight is 515 g/mol. The van der Waals surface area contributed by atoms with E-state index in [0.29, 0.717) is 29.2 Å². The smallest absolute Gasteiger partial charge is 0.433 e. The Labute approximate surface area is 215 Å². The van der Waals surface area contributed by atoms with Crippen molar-refractivity contribution < 1.29 is 23.0 Å². The van der Waals surface area contributed by atoms with Gasteiger partial charge in [0.15, 0.2) is 0 Å². The lowest BCUT2D eigenvalue weighted by atomic mass is 9.95. The van der Waals surface area contributed by atoms with E-state index in [1.165, 1.54) is 31.2 Å². The maximum absolute atomic E-state index is 13.1. The van der Waals surface area contributed by atoms with E-state index >= 15 is 0 Å². The van der Waals surface area contributed by atoms with Crippen molar-refractivity contribution in [2.24, 2.45) is 11.8 Å². The van der Waals surface area contributed by atoms with Gasteiger partial charge in [0.25, 0.3) is 0 Å². The topological polar surface area (TPSA) is 61.7 Å². The van der Waals surface area contributed by atoms with E-state index in [-0.39, 0.29) is 6.61 Å². The molecule has 2 fully saturated rings.